The van der Waals surface area contributed by atoms with Gasteiger partial charge in [0.25, 0.3) is 0 Å². The second-order valence-electron chi connectivity index (χ2n) is 4.78. The first-order valence-corrected chi connectivity index (χ1v) is 6.15. The van der Waals surface area contributed by atoms with E-state index in [1.165, 1.54) is 23.9 Å². The van der Waals surface area contributed by atoms with Crippen LogP contribution in [0.4, 0.5) is 13.2 Å². The molecular weight excluding hydrogens is 249 g/mol. The molecule has 17 heavy (non-hydrogen) atoms. The molecule has 1 aromatic rings. The lowest BCUT2D eigenvalue weighted by molar-refractivity contribution is -0.137. The number of halogens is 3. The first-order valence-electron chi connectivity index (χ1n) is 5.27. The summed E-state index contributed by atoms with van der Waals surface area (Å²) in [5.41, 5.74) is -0.627. The SMILES string of the molecule is CC(C)(O)C1Cc2ccc(C(F)(F)F)cc2S1. The lowest BCUT2D eigenvalue weighted by Crippen LogP contribution is -2.32. The predicted octanol–water partition coefficient (Wildman–Crippen LogP) is 3.49. The van der Waals surface area contributed by atoms with Gasteiger partial charge in [-0.25, -0.2) is 0 Å². The van der Waals surface area contributed by atoms with Gasteiger partial charge < -0.3 is 5.11 Å². The second-order valence-corrected chi connectivity index (χ2v) is 6.03. The molecule has 1 N–H and O–H groups in total. The van der Waals surface area contributed by atoms with Crippen molar-refractivity contribution in [3.8, 4) is 0 Å². The van der Waals surface area contributed by atoms with Crippen molar-refractivity contribution in [2.45, 2.75) is 42.2 Å². The van der Waals surface area contributed by atoms with Gasteiger partial charge in [0.1, 0.15) is 0 Å². The van der Waals surface area contributed by atoms with Crippen molar-refractivity contribution < 1.29 is 18.3 Å². The maximum atomic E-state index is 12.5. The summed E-state index contributed by atoms with van der Waals surface area (Å²) in [5.74, 6) is 0. The van der Waals surface area contributed by atoms with Crippen LogP contribution in [0, 0.1) is 0 Å². The van der Waals surface area contributed by atoms with Crippen molar-refractivity contribution in [2.24, 2.45) is 0 Å². The Balaban J connectivity index is 2.29. The lowest BCUT2D eigenvalue weighted by atomic mass is 9.98. The maximum Gasteiger partial charge on any atom is 0.416 e. The molecule has 0 aromatic heterocycles. The van der Waals surface area contributed by atoms with Gasteiger partial charge in [0.15, 0.2) is 0 Å². The highest BCUT2D eigenvalue weighted by molar-refractivity contribution is 8.00. The highest BCUT2D eigenvalue weighted by Gasteiger charge is 2.36. The molecule has 1 nitrogen and oxygen atoms in total. The fourth-order valence-electron chi connectivity index (χ4n) is 1.80. The van der Waals surface area contributed by atoms with Gasteiger partial charge in [-0.15, -0.1) is 11.8 Å². The molecular formula is C12H13F3OS. The summed E-state index contributed by atoms with van der Waals surface area (Å²) in [7, 11) is 0. The standard InChI is InChI=1S/C12H13F3OS/c1-11(2,16)10-5-7-3-4-8(12(13,14)15)6-9(7)17-10/h3-4,6,10,16H,5H2,1-2H3. The summed E-state index contributed by atoms with van der Waals surface area (Å²) in [6, 6.07) is 3.79. The maximum absolute atomic E-state index is 12.5. The highest BCUT2D eigenvalue weighted by Crippen LogP contribution is 2.43. The van der Waals surface area contributed by atoms with E-state index in [0.29, 0.717) is 11.3 Å². The van der Waals surface area contributed by atoms with Crippen molar-refractivity contribution in [2.75, 3.05) is 0 Å². The van der Waals surface area contributed by atoms with E-state index in [9.17, 15) is 18.3 Å². The average Bonchev–Trinajstić information content (AvgIpc) is 2.57. The molecule has 0 saturated heterocycles. The van der Waals surface area contributed by atoms with Crippen LogP contribution in [0.3, 0.4) is 0 Å². The molecule has 1 aliphatic rings. The average molecular weight is 262 g/mol. The molecule has 0 fully saturated rings. The van der Waals surface area contributed by atoms with Crippen LogP contribution in [-0.4, -0.2) is 16.0 Å². The molecule has 0 amide bonds. The minimum Gasteiger partial charge on any atom is -0.389 e. The number of alkyl halides is 3. The van der Waals surface area contributed by atoms with Crippen molar-refractivity contribution in [1.29, 1.82) is 0 Å². The molecule has 0 bridgehead atoms. The largest absolute Gasteiger partial charge is 0.416 e. The first-order chi connectivity index (χ1) is 7.68. The van der Waals surface area contributed by atoms with Crippen molar-refractivity contribution in [3.63, 3.8) is 0 Å². The minimum absolute atomic E-state index is 0.0824. The number of rotatable bonds is 1. The molecule has 5 heteroatoms. The molecule has 0 radical (unpaired) electrons. The van der Waals surface area contributed by atoms with Crippen LogP contribution in [0.15, 0.2) is 23.1 Å². The Kier molecular flexibility index (Phi) is 2.94. The molecule has 0 spiro atoms. The van der Waals surface area contributed by atoms with E-state index in [1.54, 1.807) is 13.8 Å². The predicted molar refractivity (Wildman–Crippen MR) is 61.1 cm³/mol. The van der Waals surface area contributed by atoms with Crippen LogP contribution < -0.4 is 0 Å². The minimum atomic E-state index is -4.30. The summed E-state index contributed by atoms with van der Waals surface area (Å²) in [5, 5.41) is 9.79. The number of benzene rings is 1. The molecule has 94 valence electrons. The molecule has 2 rings (SSSR count). The van der Waals surface area contributed by atoms with Gasteiger partial charge in [-0.2, -0.15) is 13.2 Å². The highest BCUT2D eigenvalue weighted by atomic mass is 32.2. The number of thioether (sulfide) groups is 1. The van der Waals surface area contributed by atoms with Gasteiger partial charge in [0.05, 0.1) is 11.2 Å². The monoisotopic (exact) mass is 262 g/mol. The van der Waals surface area contributed by atoms with Crippen LogP contribution in [0.5, 0.6) is 0 Å². The smallest absolute Gasteiger partial charge is 0.389 e. The zero-order valence-electron chi connectivity index (χ0n) is 9.51. The van der Waals surface area contributed by atoms with E-state index < -0.39 is 17.3 Å². The van der Waals surface area contributed by atoms with E-state index in [4.69, 9.17) is 0 Å². The van der Waals surface area contributed by atoms with E-state index in [0.717, 1.165) is 11.6 Å². The number of hydrogen-bond donors (Lipinski definition) is 1. The third kappa shape index (κ3) is 2.60. The summed E-state index contributed by atoms with van der Waals surface area (Å²) in [6.07, 6.45) is -3.69. The zero-order valence-corrected chi connectivity index (χ0v) is 10.3. The molecule has 1 aromatic carbocycles. The number of aliphatic hydroxyl groups is 1. The van der Waals surface area contributed by atoms with Crippen LogP contribution in [0.25, 0.3) is 0 Å². The van der Waals surface area contributed by atoms with Crippen LogP contribution >= 0.6 is 11.8 Å². The Hall–Kier alpha value is -0.680. The van der Waals surface area contributed by atoms with Crippen LogP contribution in [0.2, 0.25) is 0 Å². The normalized spacial score (nSPS) is 20.5. The Morgan fingerprint density at radius 2 is 1.94 bits per heavy atom. The Bertz CT molecular complexity index is 434. The van der Waals surface area contributed by atoms with Gasteiger partial charge in [0, 0.05) is 10.1 Å². The third-order valence-electron chi connectivity index (χ3n) is 2.86. The number of hydrogen-bond acceptors (Lipinski definition) is 2. The van der Waals surface area contributed by atoms with Gasteiger partial charge in [-0.1, -0.05) is 6.07 Å². The van der Waals surface area contributed by atoms with Crippen molar-refractivity contribution in [1.82, 2.24) is 0 Å². The Morgan fingerprint density at radius 1 is 1.29 bits per heavy atom. The van der Waals surface area contributed by atoms with Gasteiger partial charge in [-0.05, 0) is 38.0 Å². The molecule has 1 aliphatic heterocycles. The lowest BCUT2D eigenvalue weighted by Gasteiger charge is -2.24. The zero-order chi connectivity index (χ0) is 12.8. The Morgan fingerprint density at radius 3 is 2.47 bits per heavy atom. The molecule has 0 aliphatic carbocycles. The fourth-order valence-corrected chi connectivity index (χ4v) is 3.15. The summed E-state index contributed by atoms with van der Waals surface area (Å²) in [6.45, 7) is 3.36. The van der Waals surface area contributed by atoms with E-state index in [2.05, 4.69) is 0 Å². The summed E-state index contributed by atoms with van der Waals surface area (Å²) < 4.78 is 37.6. The molecule has 1 atom stereocenters. The summed E-state index contributed by atoms with van der Waals surface area (Å²) >= 11 is 1.32. The molecule has 0 saturated carbocycles. The van der Waals surface area contributed by atoms with E-state index in [-0.39, 0.29) is 5.25 Å². The second kappa shape index (κ2) is 3.92. The van der Waals surface area contributed by atoms with E-state index >= 15 is 0 Å². The summed E-state index contributed by atoms with van der Waals surface area (Å²) in [4.78, 5) is 0.631. The quantitative estimate of drug-likeness (QED) is 0.836. The van der Waals surface area contributed by atoms with Gasteiger partial charge in [0.2, 0.25) is 0 Å². The van der Waals surface area contributed by atoms with Gasteiger partial charge in [-0.3, -0.25) is 0 Å². The molecule has 1 unspecified atom stereocenters. The van der Waals surface area contributed by atoms with Gasteiger partial charge >= 0.3 is 6.18 Å². The molecule has 1 heterocycles. The third-order valence-corrected chi connectivity index (χ3v) is 4.52. The van der Waals surface area contributed by atoms with Crippen LogP contribution in [-0.2, 0) is 12.6 Å². The topological polar surface area (TPSA) is 20.2 Å². The fraction of sp³-hybridized carbons (Fsp3) is 0.500. The van der Waals surface area contributed by atoms with E-state index in [1.807, 2.05) is 0 Å². The first kappa shape index (κ1) is 12.8. The number of fused-ring (bicyclic) bond motifs is 1. The Labute approximate surface area is 102 Å². The van der Waals surface area contributed by atoms with Crippen molar-refractivity contribution >= 4 is 11.8 Å². The van der Waals surface area contributed by atoms with Crippen LogP contribution in [0.1, 0.15) is 25.0 Å². The van der Waals surface area contributed by atoms with Crippen molar-refractivity contribution in [3.05, 3.63) is 29.3 Å².